The third kappa shape index (κ3) is 2.83. The molecule has 2 amide bonds. The van der Waals surface area contributed by atoms with Crippen molar-refractivity contribution in [1.29, 1.82) is 0 Å². The van der Waals surface area contributed by atoms with E-state index in [-0.39, 0.29) is 17.9 Å². The van der Waals surface area contributed by atoms with Gasteiger partial charge in [-0.1, -0.05) is 31.0 Å². The van der Waals surface area contributed by atoms with Gasteiger partial charge in [-0.25, -0.2) is 0 Å². The quantitative estimate of drug-likeness (QED) is 0.919. The van der Waals surface area contributed by atoms with E-state index in [1.807, 2.05) is 30.3 Å². The number of amides is 2. The first-order chi connectivity index (χ1) is 12.7. The second-order valence-corrected chi connectivity index (χ2v) is 6.85. The number of anilines is 1. The average Bonchev–Trinajstić information content (AvgIpc) is 3.28. The number of ether oxygens (including phenoxy) is 1. The smallest absolute Gasteiger partial charge is 0.259 e. The maximum absolute atomic E-state index is 13.1. The van der Waals surface area contributed by atoms with Gasteiger partial charge in [0.25, 0.3) is 5.91 Å². The Hall–Kier alpha value is -2.82. The summed E-state index contributed by atoms with van der Waals surface area (Å²) >= 11 is 0. The highest BCUT2D eigenvalue weighted by Gasteiger charge is 2.42. The predicted octanol–water partition coefficient (Wildman–Crippen LogP) is 3.46. The summed E-state index contributed by atoms with van der Waals surface area (Å²) in [6.45, 7) is 0. The summed E-state index contributed by atoms with van der Waals surface area (Å²) in [5.74, 6) is 0.466. The molecule has 26 heavy (non-hydrogen) atoms. The highest BCUT2D eigenvalue weighted by Crippen LogP contribution is 2.38. The highest BCUT2D eigenvalue weighted by atomic mass is 16.5. The van der Waals surface area contributed by atoms with Gasteiger partial charge in [0.2, 0.25) is 5.91 Å². The van der Waals surface area contributed by atoms with Crippen molar-refractivity contribution >= 4 is 17.5 Å². The third-order valence-corrected chi connectivity index (χ3v) is 5.26. The molecule has 1 fully saturated rings. The van der Waals surface area contributed by atoms with E-state index in [2.05, 4.69) is 5.32 Å². The minimum Gasteiger partial charge on any atom is -0.497 e. The van der Waals surface area contributed by atoms with Gasteiger partial charge in [-0.05, 0) is 48.7 Å². The number of rotatable bonds is 4. The fourth-order valence-corrected chi connectivity index (χ4v) is 3.93. The molecule has 1 aliphatic carbocycles. The van der Waals surface area contributed by atoms with Crippen LogP contribution in [0.4, 0.5) is 5.69 Å². The Balaban J connectivity index is 1.70. The largest absolute Gasteiger partial charge is 0.497 e. The van der Waals surface area contributed by atoms with Crippen LogP contribution in [0.25, 0.3) is 0 Å². The Morgan fingerprint density at radius 1 is 1.08 bits per heavy atom. The second kappa shape index (κ2) is 6.83. The van der Waals surface area contributed by atoms with Crippen molar-refractivity contribution in [2.24, 2.45) is 0 Å². The molecule has 5 heteroatoms. The zero-order valence-corrected chi connectivity index (χ0v) is 14.8. The van der Waals surface area contributed by atoms with Crippen LogP contribution in [0, 0.1) is 0 Å². The van der Waals surface area contributed by atoms with E-state index in [0.717, 1.165) is 31.2 Å². The van der Waals surface area contributed by atoms with Gasteiger partial charge in [0, 0.05) is 17.3 Å². The maximum atomic E-state index is 13.1. The summed E-state index contributed by atoms with van der Waals surface area (Å²) in [6, 6.07) is 14.2. The Morgan fingerprint density at radius 3 is 2.46 bits per heavy atom. The minimum atomic E-state index is -0.632. The molecule has 1 unspecified atom stereocenters. The lowest BCUT2D eigenvalue weighted by Crippen LogP contribution is -2.42. The second-order valence-electron chi connectivity index (χ2n) is 6.85. The molecule has 2 aliphatic rings. The topological polar surface area (TPSA) is 58.6 Å². The SMILES string of the molecule is COc1ccc(N2C(=O)c3ccccc3C2C(=O)NC2CCCC2)cc1. The van der Waals surface area contributed by atoms with Crippen LogP contribution in [-0.4, -0.2) is 25.0 Å². The fourth-order valence-electron chi connectivity index (χ4n) is 3.93. The van der Waals surface area contributed by atoms with E-state index in [1.165, 1.54) is 0 Å². The summed E-state index contributed by atoms with van der Waals surface area (Å²) in [4.78, 5) is 27.7. The molecule has 0 radical (unpaired) electrons. The Labute approximate surface area is 153 Å². The summed E-state index contributed by atoms with van der Waals surface area (Å²) in [5, 5.41) is 3.15. The monoisotopic (exact) mass is 350 g/mol. The molecule has 134 valence electrons. The van der Waals surface area contributed by atoms with E-state index in [1.54, 1.807) is 30.2 Å². The zero-order chi connectivity index (χ0) is 18.1. The van der Waals surface area contributed by atoms with E-state index in [4.69, 9.17) is 4.74 Å². The van der Waals surface area contributed by atoms with Crippen molar-refractivity contribution in [2.75, 3.05) is 12.0 Å². The van der Waals surface area contributed by atoms with Crippen LogP contribution in [0.15, 0.2) is 48.5 Å². The Kier molecular flexibility index (Phi) is 4.37. The number of hydrogen-bond acceptors (Lipinski definition) is 3. The Morgan fingerprint density at radius 2 is 1.77 bits per heavy atom. The summed E-state index contributed by atoms with van der Waals surface area (Å²) in [6.07, 6.45) is 4.31. The molecule has 4 rings (SSSR count). The molecular weight excluding hydrogens is 328 g/mol. The molecule has 1 aliphatic heterocycles. The molecule has 2 aromatic rings. The molecule has 0 bridgehead atoms. The van der Waals surface area contributed by atoms with Crippen molar-refractivity contribution < 1.29 is 14.3 Å². The van der Waals surface area contributed by atoms with Crippen molar-refractivity contribution in [2.45, 2.75) is 37.8 Å². The van der Waals surface area contributed by atoms with Crippen LogP contribution in [0.5, 0.6) is 5.75 Å². The average molecular weight is 350 g/mol. The van der Waals surface area contributed by atoms with Crippen LogP contribution < -0.4 is 15.0 Å². The van der Waals surface area contributed by atoms with E-state index < -0.39 is 6.04 Å². The molecule has 0 aromatic heterocycles. The van der Waals surface area contributed by atoms with Gasteiger partial charge in [-0.3, -0.25) is 14.5 Å². The van der Waals surface area contributed by atoms with Gasteiger partial charge in [0.1, 0.15) is 11.8 Å². The molecule has 1 heterocycles. The third-order valence-electron chi connectivity index (χ3n) is 5.26. The van der Waals surface area contributed by atoms with Gasteiger partial charge in [-0.2, -0.15) is 0 Å². The molecule has 2 aromatic carbocycles. The molecule has 1 saturated carbocycles. The molecule has 1 atom stereocenters. The molecule has 1 N–H and O–H groups in total. The number of hydrogen-bond donors (Lipinski definition) is 1. The lowest BCUT2D eigenvalue weighted by molar-refractivity contribution is -0.123. The van der Waals surface area contributed by atoms with E-state index in [0.29, 0.717) is 17.0 Å². The van der Waals surface area contributed by atoms with Crippen molar-refractivity contribution in [1.82, 2.24) is 5.32 Å². The lowest BCUT2D eigenvalue weighted by atomic mass is 10.0. The number of nitrogens with one attached hydrogen (secondary N) is 1. The Bertz CT molecular complexity index is 825. The summed E-state index contributed by atoms with van der Waals surface area (Å²) in [7, 11) is 1.60. The molecule has 5 nitrogen and oxygen atoms in total. The number of methoxy groups -OCH3 is 1. The van der Waals surface area contributed by atoms with Gasteiger partial charge < -0.3 is 10.1 Å². The van der Waals surface area contributed by atoms with Crippen molar-refractivity contribution in [3.8, 4) is 5.75 Å². The van der Waals surface area contributed by atoms with Crippen LogP contribution in [0.1, 0.15) is 47.6 Å². The number of carbonyl (C=O) groups is 2. The maximum Gasteiger partial charge on any atom is 0.259 e. The van der Waals surface area contributed by atoms with Crippen LogP contribution in [0.3, 0.4) is 0 Å². The van der Waals surface area contributed by atoms with Crippen LogP contribution >= 0.6 is 0 Å². The highest BCUT2D eigenvalue weighted by molar-refractivity contribution is 6.15. The molecule has 0 spiro atoms. The van der Waals surface area contributed by atoms with Gasteiger partial charge in [0.05, 0.1) is 7.11 Å². The fraction of sp³-hybridized carbons (Fsp3) is 0.333. The zero-order valence-electron chi connectivity index (χ0n) is 14.8. The van der Waals surface area contributed by atoms with Crippen LogP contribution in [-0.2, 0) is 4.79 Å². The first-order valence-electron chi connectivity index (χ1n) is 9.06. The number of benzene rings is 2. The number of nitrogens with zero attached hydrogens (tertiary/aromatic N) is 1. The van der Waals surface area contributed by atoms with Gasteiger partial charge in [-0.15, -0.1) is 0 Å². The van der Waals surface area contributed by atoms with Gasteiger partial charge in [0.15, 0.2) is 0 Å². The lowest BCUT2D eigenvalue weighted by Gasteiger charge is -2.26. The van der Waals surface area contributed by atoms with Crippen molar-refractivity contribution in [3.63, 3.8) is 0 Å². The predicted molar refractivity (Wildman–Crippen MR) is 99.4 cm³/mol. The number of carbonyl (C=O) groups excluding carboxylic acids is 2. The summed E-state index contributed by atoms with van der Waals surface area (Å²) in [5.41, 5.74) is 2.05. The van der Waals surface area contributed by atoms with Gasteiger partial charge >= 0.3 is 0 Å². The normalized spacial score (nSPS) is 19.5. The molecular formula is C21H22N2O3. The summed E-state index contributed by atoms with van der Waals surface area (Å²) < 4.78 is 5.20. The first kappa shape index (κ1) is 16.6. The number of fused-ring (bicyclic) bond motifs is 1. The molecule has 0 saturated heterocycles. The first-order valence-corrected chi connectivity index (χ1v) is 9.06. The minimum absolute atomic E-state index is 0.106. The van der Waals surface area contributed by atoms with E-state index in [9.17, 15) is 9.59 Å². The van der Waals surface area contributed by atoms with E-state index >= 15 is 0 Å². The van der Waals surface area contributed by atoms with Crippen LogP contribution in [0.2, 0.25) is 0 Å². The standard InChI is InChI=1S/C21H22N2O3/c1-26-16-12-10-15(11-13-16)23-19(20(24)22-14-6-2-3-7-14)17-8-4-5-9-18(17)21(23)25/h4-5,8-14,19H,2-3,6-7H2,1H3,(H,22,24). The van der Waals surface area contributed by atoms with Crippen molar-refractivity contribution in [3.05, 3.63) is 59.7 Å².